The molecule has 120 valence electrons. The zero-order chi connectivity index (χ0) is 15.7. The molecule has 2 N–H and O–H groups in total. The highest BCUT2D eigenvalue weighted by molar-refractivity contribution is 5.42. The lowest BCUT2D eigenvalue weighted by Crippen LogP contribution is -2.48. The van der Waals surface area contributed by atoms with E-state index in [1.807, 2.05) is 30.3 Å². The molecule has 2 aromatic rings. The lowest BCUT2D eigenvalue weighted by molar-refractivity contribution is 0.106. The van der Waals surface area contributed by atoms with Crippen molar-refractivity contribution in [1.29, 1.82) is 0 Å². The second-order valence-electron chi connectivity index (χ2n) is 6.23. The van der Waals surface area contributed by atoms with Gasteiger partial charge in [0.2, 0.25) is 0 Å². The van der Waals surface area contributed by atoms with Crippen LogP contribution in [-0.4, -0.2) is 24.9 Å². The Labute approximate surface area is 136 Å². The summed E-state index contributed by atoms with van der Waals surface area (Å²) in [5.41, 5.74) is 3.09. The van der Waals surface area contributed by atoms with E-state index in [4.69, 9.17) is 9.47 Å². The molecular weight excluding hydrogens is 290 g/mol. The average Bonchev–Trinajstić information content (AvgIpc) is 3.07. The molecule has 4 nitrogen and oxygen atoms in total. The van der Waals surface area contributed by atoms with E-state index in [1.165, 1.54) is 11.1 Å². The Kier molecular flexibility index (Phi) is 3.71. The van der Waals surface area contributed by atoms with Gasteiger partial charge in [-0.2, -0.15) is 0 Å². The number of rotatable bonds is 4. The van der Waals surface area contributed by atoms with Crippen LogP contribution in [0.25, 0.3) is 0 Å². The van der Waals surface area contributed by atoms with Crippen molar-refractivity contribution in [3.8, 4) is 11.5 Å². The van der Waals surface area contributed by atoms with E-state index in [0.29, 0.717) is 13.2 Å². The van der Waals surface area contributed by atoms with Gasteiger partial charge in [0.1, 0.15) is 11.5 Å². The van der Waals surface area contributed by atoms with Crippen LogP contribution in [0.4, 0.5) is 0 Å². The van der Waals surface area contributed by atoms with Crippen molar-refractivity contribution < 1.29 is 14.6 Å². The minimum absolute atomic E-state index is 0.0570. The third kappa shape index (κ3) is 2.58. The van der Waals surface area contributed by atoms with Gasteiger partial charge in [0.15, 0.2) is 0 Å². The van der Waals surface area contributed by atoms with Crippen LogP contribution in [0.1, 0.15) is 23.1 Å². The third-order valence-electron chi connectivity index (χ3n) is 4.84. The standard InChI is InChI=1S/C19H21NO3/c21-13-19(8-10-23-18-4-2-1-3-16(18)19)20-12-14-5-6-17-15(11-14)7-9-22-17/h1-6,11,20-21H,7-10,12-13H2/t19-/m0/s1. The Hall–Kier alpha value is -2.04. The minimum atomic E-state index is -0.440. The van der Waals surface area contributed by atoms with E-state index in [9.17, 15) is 5.11 Å². The number of nitrogens with one attached hydrogen (secondary N) is 1. The van der Waals surface area contributed by atoms with Gasteiger partial charge in [-0.15, -0.1) is 0 Å². The number of para-hydroxylation sites is 1. The number of aliphatic hydroxyl groups is 1. The minimum Gasteiger partial charge on any atom is -0.493 e. The van der Waals surface area contributed by atoms with Crippen LogP contribution in [0.15, 0.2) is 42.5 Å². The van der Waals surface area contributed by atoms with Crippen molar-refractivity contribution in [2.45, 2.75) is 24.9 Å². The summed E-state index contributed by atoms with van der Waals surface area (Å²) in [6.45, 7) is 2.16. The fourth-order valence-corrected chi connectivity index (χ4v) is 3.48. The number of benzene rings is 2. The molecule has 0 aliphatic carbocycles. The summed E-state index contributed by atoms with van der Waals surface area (Å²) in [7, 11) is 0. The molecule has 2 aliphatic heterocycles. The molecule has 2 aromatic carbocycles. The number of hydrogen-bond acceptors (Lipinski definition) is 4. The van der Waals surface area contributed by atoms with Crippen molar-refractivity contribution >= 4 is 0 Å². The zero-order valence-electron chi connectivity index (χ0n) is 13.0. The van der Waals surface area contributed by atoms with Crippen LogP contribution in [0.3, 0.4) is 0 Å². The van der Waals surface area contributed by atoms with Gasteiger partial charge in [0.05, 0.1) is 25.4 Å². The summed E-state index contributed by atoms with van der Waals surface area (Å²) in [5, 5.41) is 13.7. The highest BCUT2D eigenvalue weighted by Crippen LogP contribution is 2.37. The largest absolute Gasteiger partial charge is 0.493 e. The third-order valence-corrected chi connectivity index (χ3v) is 4.84. The predicted molar refractivity (Wildman–Crippen MR) is 87.8 cm³/mol. The molecule has 0 saturated carbocycles. The highest BCUT2D eigenvalue weighted by atomic mass is 16.5. The quantitative estimate of drug-likeness (QED) is 0.910. The normalized spacial score (nSPS) is 22.0. The number of fused-ring (bicyclic) bond motifs is 2. The summed E-state index contributed by atoms with van der Waals surface area (Å²) < 4.78 is 11.3. The molecule has 0 amide bonds. The van der Waals surface area contributed by atoms with Gasteiger partial charge in [-0.05, 0) is 23.3 Å². The van der Waals surface area contributed by atoms with Crippen LogP contribution in [0, 0.1) is 0 Å². The first-order valence-electron chi connectivity index (χ1n) is 8.13. The molecule has 0 unspecified atom stereocenters. The summed E-state index contributed by atoms with van der Waals surface area (Å²) >= 11 is 0. The Bertz CT molecular complexity index is 716. The van der Waals surface area contributed by atoms with Gasteiger partial charge < -0.3 is 19.9 Å². The molecular formula is C19H21NO3. The maximum Gasteiger partial charge on any atom is 0.124 e. The molecule has 1 atom stereocenters. The fourth-order valence-electron chi connectivity index (χ4n) is 3.48. The fraction of sp³-hybridized carbons (Fsp3) is 0.368. The van der Waals surface area contributed by atoms with E-state index in [1.54, 1.807) is 0 Å². The molecule has 0 spiro atoms. The van der Waals surface area contributed by atoms with Crippen LogP contribution in [-0.2, 0) is 18.5 Å². The molecule has 4 heteroatoms. The molecule has 0 saturated heterocycles. The molecule has 0 bridgehead atoms. The number of aliphatic hydroxyl groups excluding tert-OH is 1. The van der Waals surface area contributed by atoms with Gasteiger partial charge in [-0.25, -0.2) is 0 Å². The predicted octanol–water partition coefficient (Wildman–Crippen LogP) is 2.38. The molecule has 0 radical (unpaired) electrons. The molecule has 4 rings (SSSR count). The van der Waals surface area contributed by atoms with Crippen molar-refractivity contribution in [2.75, 3.05) is 19.8 Å². The van der Waals surface area contributed by atoms with Gasteiger partial charge in [0.25, 0.3) is 0 Å². The van der Waals surface area contributed by atoms with Crippen LogP contribution in [0.5, 0.6) is 11.5 Å². The van der Waals surface area contributed by atoms with E-state index >= 15 is 0 Å². The highest BCUT2D eigenvalue weighted by Gasteiger charge is 2.36. The second kappa shape index (κ2) is 5.87. The van der Waals surface area contributed by atoms with E-state index < -0.39 is 5.54 Å². The first kappa shape index (κ1) is 14.5. The van der Waals surface area contributed by atoms with E-state index in [2.05, 4.69) is 17.4 Å². The molecule has 0 fully saturated rings. The summed E-state index contributed by atoms with van der Waals surface area (Å²) in [6, 6.07) is 14.3. The van der Waals surface area contributed by atoms with Gasteiger partial charge in [-0.3, -0.25) is 0 Å². The van der Waals surface area contributed by atoms with E-state index in [0.717, 1.165) is 36.5 Å². The Morgan fingerprint density at radius 1 is 1.04 bits per heavy atom. The first-order valence-corrected chi connectivity index (χ1v) is 8.13. The maximum atomic E-state index is 10.1. The number of ether oxygens (including phenoxy) is 2. The topological polar surface area (TPSA) is 50.7 Å². The average molecular weight is 311 g/mol. The van der Waals surface area contributed by atoms with Gasteiger partial charge >= 0.3 is 0 Å². The zero-order valence-corrected chi connectivity index (χ0v) is 13.0. The van der Waals surface area contributed by atoms with Gasteiger partial charge in [0, 0.05) is 24.9 Å². The lowest BCUT2D eigenvalue weighted by Gasteiger charge is -2.38. The molecule has 2 heterocycles. The van der Waals surface area contributed by atoms with Crippen molar-refractivity contribution in [2.24, 2.45) is 0 Å². The van der Waals surface area contributed by atoms with Crippen molar-refractivity contribution in [1.82, 2.24) is 5.32 Å². The Morgan fingerprint density at radius 3 is 2.83 bits per heavy atom. The number of hydrogen-bond donors (Lipinski definition) is 2. The maximum absolute atomic E-state index is 10.1. The van der Waals surface area contributed by atoms with Gasteiger partial charge in [-0.1, -0.05) is 30.3 Å². The lowest BCUT2D eigenvalue weighted by atomic mass is 9.85. The monoisotopic (exact) mass is 311 g/mol. The smallest absolute Gasteiger partial charge is 0.124 e. The molecule has 23 heavy (non-hydrogen) atoms. The summed E-state index contributed by atoms with van der Waals surface area (Å²) in [6.07, 6.45) is 1.74. The van der Waals surface area contributed by atoms with Crippen molar-refractivity contribution in [3.05, 3.63) is 59.2 Å². The van der Waals surface area contributed by atoms with Crippen LogP contribution >= 0.6 is 0 Å². The summed E-state index contributed by atoms with van der Waals surface area (Å²) in [5.74, 6) is 1.87. The Balaban J connectivity index is 1.57. The molecule has 2 aliphatic rings. The first-order chi connectivity index (χ1) is 11.3. The van der Waals surface area contributed by atoms with Crippen molar-refractivity contribution in [3.63, 3.8) is 0 Å². The summed E-state index contributed by atoms with van der Waals surface area (Å²) in [4.78, 5) is 0. The van der Waals surface area contributed by atoms with Crippen LogP contribution < -0.4 is 14.8 Å². The van der Waals surface area contributed by atoms with E-state index in [-0.39, 0.29) is 6.61 Å². The Morgan fingerprint density at radius 2 is 1.91 bits per heavy atom. The van der Waals surface area contributed by atoms with Crippen LogP contribution in [0.2, 0.25) is 0 Å². The second-order valence-corrected chi connectivity index (χ2v) is 6.23. The molecule has 0 aromatic heterocycles. The SMILES string of the molecule is OC[C@@]1(NCc2ccc3c(c2)CCO3)CCOc2ccccc21.